The lowest BCUT2D eigenvalue weighted by Gasteiger charge is -2.13. The summed E-state index contributed by atoms with van der Waals surface area (Å²) < 4.78 is 184. The Morgan fingerprint density at radius 1 is 0.522 bits per heavy atom. The first kappa shape index (κ1) is 47.5. The zero-order valence-electron chi connectivity index (χ0n) is 33.5. The van der Waals surface area contributed by atoms with E-state index in [0.717, 1.165) is 40.8 Å². The summed E-state index contributed by atoms with van der Waals surface area (Å²) in [4.78, 5) is 24.5. The lowest BCUT2D eigenvalue weighted by molar-refractivity contribution is -0.138. The highest BCUT2D eigenvalue weighted by Gasteiger charge is 2.39. The molecule has 0 bridgehead atoms. The number of aromatic nitrogens is 2. The quantitative estimate of drug-likeness (QED) is 0.123. The molecule has 0 atom stereocenters. The average Bonchev–Trinajstić information content (AvgIpc) is 3.87. The summed E-state index contributed by atoms with van der Waals surface area (Å²) >= 11 is 5.95. The third-order valence-corrected chi connectivity index (χ3v) is 10.2. The van der Waals surface area contributed by atoms with E-state index in [2.05, 4.69) is 10.6 Å². The van der Waals surface area contributed by atoms with Gasteiger partial charge in [-0.1, -0.05) is 54.1 Å². The molecule has 8 aromatic rings. The third kappa shape index (κ3) is 9.74. The number of hydrogen-bond donors (Lipinski definition) is 2. The zero-order valence-corrected chi connectivity index (χ0v) is 34.3. The van der Waals surface area contributed by atoms with E-state index in [4.69, 9.17) is 16.3 Å². The van der Waals surface area contributed by atoms with Crippen LogP contribution in [-0.4, -0.2) is 27.7 Å². The van der Waals surface area contributed by atoms with Crippen LogP contribution in [-0.2, 0) is 18.5 Å². The highest BCUT2D eigenvalue weighted by Crippen LogP contribution is 2.44. The summed E-state index contributed by atoms with van der Waals surface area (Å²) in [7, 11) is 1.36. The molecule has 4 aromatic heterocycles. The molecule has 0 saturated heterocycles. The average molecular weight is 965 g/mol. The number of hydrogen-bond acceptors (Lipinski definition) is 3. The van der Waals surface area contributed by atoms with Gasteiger partial charge in [-0.15, -0.1) is 0 Å². The molecular weight excluding hydrogens is 939 g/mol. The van der Waals surface area contributed by atoms with E-state index >= 15 is 0 Å². The maximum Gasteiger partial charge on any atom is 0.418 e. The molecule has 21 heteroatoms. The second kappa shape index (κ2) is 18.1. The number of benzene rings is 4. The van der Waals surface area contributed by atoms with E-state index in [0.29, 0.717) is 23.7 Å². The number of carbonyl (C=O) groups is 2. The fourth-order valence-corrected chi connectivity index (χ4v) is 7.26. The van der Waals surface area contributed by atoms with Crippen LogP contribution in [0.1, 0.15) is 37.4 Å². The van der Waals surface area contributed by atoms with Crippen molar-refractivity contribution in [3.05, 3.63) is 184 Å². The molecule has 0 aliphatic rings. The summed E-state index contributed by atoms with van der Waals surface area (Å²) in [6.45, 7) is 0. The molecule has 0 aliphatic carbocycles. The van der Waals surface area contributed by atoms with Crippen LogP contribution in [0.4, 0.5) is 68.5 Å². The number of fused-ring (bicyclic) bond motifs is 2. The van der Waals surface area contributed by atoms with E-state index in [1.165, 1.54) is 72.2 Å². The van der Waals surface area contributed by atoms with E-state index in [9.17, 15) is 66.7 Å². The van der Waals surface area contributed by atoms with Crippen LogP contribution in [0.2, 0.25) is 5.15 Å². The molecule has 67 heavy (non-hydrogen) atoms. The zero-order chi connectivity index (χ0) is 48.7. The van der Waals surface area contributed by atoms with Crippen LogP contribution in [0.15, 0.2) is 127 Å². The fraction of sp³-hybridized carbons (Fsp3) is 0.0870. The van der Waals surface area contributed by atoms with Crippen molar-refractivity contribution in [3.8, 4) is 28.4 Å². The molecule has 0 unspecified atom stereocenters. The Bertz CT molecular complexity index is 3180. The Labute approximate surface area is 373 Å². The predicted molar refractivity (Wildman–Crippen MR) is 221 cm³/mol. The van der Waals surface area contributed by atoms with Crippen molar-refractivity contribution < 1.29 is 71.4 Å². The Morgan fingerprint density at radius 2 is 0.955 bits per heavy atom. The van der Waals surface area contributed by atoms with Crippen molar-refractivity contribution in [1.82, 2.24) is 8.80 Å². The number of rotatable bonds is 7. The number of amides is 2. The lowest BCUT2D eigenvalue weighted by atomic mass is 10.1. The monoisotopic (exact) mass is 964 g/mol. The molecule has 0 fully saturated rings. The van der Waals surface area contributed by atoms with Gasteiger partial charge in [0.2, 0.25) is 0 Å². The summed E-state index contributed by atoms with van der Waals surface area (Å²) in [5, 5.41) is 4.10. The minimum atomic E-state index is -4.93. The standard InChI is InChI=1S/C23H11ClF8N2O.C23H15F5N2O2/c24-18-9-12(22(27,28)29)8-14-10-16(23(30,31)32)20(34(14)18)11-4-6-13(7-5-11)33-21(35)15-2-1-3-17(25)19(15)26;1-32-19-7-2-4-15-12-17(23(26,27)28)21(30(15)19)13-8-10-14(11-9-13)29-22(31)16-5-3-6-18(24)20(16)25/h1-10H,(H,33,35);2-12H,1H3,(H,29,31). The number of nitrogens with one attached hydrogen (secondary N) is 2. The number of ether oxygens (including phenoxy) is 1. The molecule has 2 amide bonds. The number of alkyl halides is 9. The van der Waals surface area contributed by atoms with Gasteiger partial charge in [0.15, 0.2) is 29.1 Å². The number of carbonyl (C=O) groups excluding carboxylic acids is 2. The Hall–Kier alpha value is -7.48. The first-order valence-electron chi connectivity index (χ1n) is 18.9. The molecule has 8 rings (SSSR count). The second-order valence-electron chi connectivity index (χ2n) is 14.2. The largest absolute Gasteiger partial charge is 0.482 e. The molecule has 0 spiro atoms. The highest BCUT2D eigenvalue weighted by molar-refractivity contribution is 6.30. The van der Waals surface area contributed by atoms with Crippen LogP contribution in [0, 0.1) is 23.3 Å². The molecule has 346 valence electrons. The van der Waals surface area contributed by atoms with Gasteiger partial charge in [0.05, 0.1) is 46.3 Å². The smallest absolute Gasteiger partial charge is 0.418 e. The third-order valence-electron chi connectivity index (χ3n) is 9.95. The van der Waals surface area contributed by atoms with Crippen molar-refractivity contribution in [3.63, 3.8) is 0 Å². The molecule has 0 saturated carbocycles. The van der Waals surface area contributed by atoms with E-state index in [1.807, 2.05) is 0 Å². The van der Waals surface area contributed by atoms with Crippen molar-refractivity contribution in [2.24, 2.45) is 0 Å². The normalized spacial score (nSPS) is 11.9. The molecule has 4 aromatic carbocycles. The van der Waals surface area contributed by atoms with Crippen molar-refractivity contribution in [1.29, 1.82) is 0 Å². The van der Waals surface area contributed by atoms with Crippen molar-refractivity contribution in [2.75, 3.05) is 17.7 Å². The molecule has 2 N–H and O–H groups in total. The van der Waals surface area contributed by atoms with Crippen LogP contribution in [0.3, 0.4) is 0 Å². The number of nitrogens with zero attached hydrogens (tertiary/aromatic N) is 2. The van der Waals surface area contributed by atoms with Gasteiger partial charge in [-0.25, -0.2) is 17.6 Å². The summed E-state index contributed by atoms with van der Waals surface area (Å²) in [5.41, 5.74) is -4.74. The fourth-order valence-electron chi connectivity index (χ4n) is 6.96. The second-order valence-corrected chi connectivity index (χ2v) is 14.6. The van der Waals surface area contributed by atoms with Gasteiger partial charge >= 0.3 is 18.5 Å². The van der Waals surface area contributed by atoms with E-state index < -0.39 is 97.8 Å². The maximum atomic E-state index is 13.8. The van der Waals surface area contributed by atoms with Gasteiger partial charge in [0.25, 0.3) is 11.8 Å². The molecule has 7 nitrogen and oxygen atoms in total. The van der Waals surface area contributed by atoms with Crippen molar-refractivity contribution in [2.45, 2.75) is 18.5 Å². The summed E-state index contributed by atoms with van der Waals surface area (Å²) in [6, 6.07) is 23.8. The SMILES string of the molecule is COc1cccc2cc(C(F)(F)F)c(-c3ccc(NC(=O)c4cccc(F)c4F)cc3)n12.O=C(Nc1ccc(-c2c(C(F)(F)F)cc3cc(C(F)(F)F)cc(Cl)n23)cc1)c1cccc(F)c1F. The van der Waals surface area contributed by atoms with Gasteiger partial charge < -0.3 is 15.4 Å². The summed E-state index contributed by atoms with van der Waals surface area (Å²) in [5.74, 6) is -6.73. The topological polar surface area (TPSA) is 76.2 Å². The van der Waals surface area contributed by atoms with E-state index in [-0.39, 0.29) is 34.1 Å². The Balaban J connectivity index is 0.000000200. The maximum absolute atomic E-state index is 13.8. The molecule has 0 aliphatic heterocycles. The summed E-state index contributed by atoms with van der Waals surface area (Å²) in [6.07, 6.45) is -14.4. The van der Waals surface area contributed by atoms with Gasteiger partial charge in [0.1, 0.15) is 5.15 Å². The number of halogens is 14. The van der Waals surface area contributed by atoms with Crippen LogP contribution in [0.25, 0.3) is 33.5 Å². The van der Waals surface area contributed by atoms with Gasteiger partial charge in [-0.05, 0) is 96.1 Å². The predicted octanol–water partition coefficient (Wildman–Crippen LogP) is 14.0. The lowest BCUT2D eigenvalue weighted by Crippen LogP contribution is -2.14. The first-order valence-corrected chi connectivity index (χ1v) is 19.3. The number of pyridine rings is 2. The highest BCUT2D eigenvalue weighted by atomic mass is 35.5. The number of anilines is 2. The molecule has 0 radical (unpaired) electrons. The molecular formula is C46H26ClF13N4O3. The van der Waals surface area contributed by atoms with Crippen LogP contribution >= 0.6 is 11.6 Å². The minimum absolute atomic E-state index is 0.0438. The van der Waals surface area contributed by atoms with E-state index in [1.54, 1.807) is 12.1 Å². The Kier molecular flexibility index (Phi) is 12.8. The van der Waals surface area contributed by atoms with Crippen LogP contribution < -0.4 is 15.4 Å². The van der Waals surface area contributed by atoms with Crippen molar-refractivity contribution >= 4 is 45.8 Å². The molecule has 4 heterocycles. The first-order chi connectivity index (χ1) is 31.5. The minimum Gasteiger partial charge on any atom is -0.482 e. The van der Waals surface area contributed by atoms with Gasteiger partial charge in [-0.3, -0.25) is 18.4 Å². The van der Waals surface area contributed by atoms with Crippen LogP contribution in [0.5, 0.6) is 5.88 Å². The van der Waals surface area contributed by atoms with Gasteiger partial charge in [0, 0.05) is 22.4 Å². The van der Waals surface area contributed by atoms with Gasteiger partial charge in [-0.2, -0.15) is 39.5 Å². The number of methoxy groups -OCH3 is 1. The Morgan fingerprint density at radius 3 is 1.39 bits per heavy atom.